The van der Waals surface area contributed by atoms with E-state index in [2.05, 4.69) is 15.3 Å². The normalized spacial score (nSPS) is 15.1. The van der Waals surface area contributed by atoms with Gasteiger partial charge in [-0.15, -0.1) is 0 Å². The number of aryl methyl sites for hydroxylation is 1. The summed E-state index contributed by atoms with van der Waals surface area (Å²) >= 11 is 0. The van der Waals surface area contributed by atoms with E-state index >= 15 is 0 Å². The summed E-state index contributed by atoms with van der Waals surface area (Å²) in [6, 6.07) is 5.92. The first-order valence-electron chi connectivity index (χ1n) is 10.1. The van der Waals surface area contributed by atoms with Crippen LogP contribution in [0.4, 0.5) is 0 Å². The summed E-state index contributed by atoms with van der Waals surface area (Å²) in [5.41, 5.74) is 1.97. The Balaban J connectivity index is 1.33. The first-order valence-corrected chi connectivity index (χ1v) is 10.1. The molecule has 1 N–H and O–H groups in total. The minimum absolute atomic E-state index is 0.0300. The predicted octanol–water partition coefficient (Wildman–Crippen LogP) is 3.15. The van der Waals surface area contributed by atoms with Gasteiger partial charge in [-0.2, -0.15) is 5.10 Å². The molecule has 0 radical (unpaired) electrons. The molecule has 0 saturated carbocycles. The minimum Gasteiger partial charge on any atom is -0.356 e. The quantitative estimate of drug-likeness (QED) is 0.725. The molecule has 1 amide bonds. The lowest BCUT2D eigenvalue weighted by atomic mass is 10.1. The number of rotatable bonds is 8. The zero-order valence-electron chi connectivity index (χ0n) is 16.2. The van der Waals surface area contributed by atoms with Crippen LogP contribution < -0.4 is 5.32 Å². The molecular weight excluding hydrogens is 340 g/mol. The number of carbonyl (C=O) groups is 2. The number of aromatic nitrogens is 2. The highest BCUT2D eigenvalue weighted by atomic mass is 16.2. The summed E-state index contributed by atoms with van der Waals surface area (Å²) in [6.07, 6.45) is 7.90. The van der Waals surface area contributed by atoms with Crippen LogP contribution in [0, 0.1) is 6.92 Å². The third-order valence-electron chi connectivity index (χ3n) is 5.18. The van der Waals surface area contributed by atoms with Crippen molar-refractivity contribution in [3.63, 3.8) is 0 Å². The summed E-state index contributed by atoms with van der Waals surface area (Å²) in [5, 5.41) is 8.14. The maximum absolute atomic E-state index is 12.4. The van der Waals surface area contributed by atoms with Crippen molar-refractivity contribution in [1.82, 2.24) is 20.0 Å². The molecule has 2 heterocycles. The first kappa shape index (κ1) is 19.5. The van der Waals surface area contributed by atoms with E-state index in [9.17, 15) is 9.59 Å². The van der Waals surface area contributed by atoms with Crippen molar-refractivity contribution in [2.75, 3.05) is 26.2 Å². The number of benzene rings is 1. The lowest BCUT2D eigenvalue weighted by Gasteiger charge is -2.26. The second kappa shape index (κ2) is 9.65. The number of amides is 1. The van der Waals surface area contributed by atoms with Gasteiger partial charge in [0.15, 0.2) is 0 Å². The molecule has 0 aliphatic carbocycles. The molecule has 27 heavy (non-hydrogen) atoms. The smallest absolute Gasteiger partial charge is 0.247 e. The molecule has 0 bridgehead atoms. The molecule has 1 aliphatic rings. The van der Waals surface area contributed by atoms with Gasteiger partial charge in [0, 0.05) is 24.8 Å². The molecule has 6 nitrogen and oxygen atoms in total. The highest BCUT2D eigenvalue weighted by Gasteiger charge is 2.12. The monoisotopic (exact) mass is 370 g/mol. The molecular formula is C21H30N4O2. The van der Waals surface area contributed by atoms with Gasteiger partial charge in [-0.05, 0) is 64.4 Å². The highest BCUT2D eigenvalue weighted by molar-refractivity contribution is 5.91. The van der Waals surface area contributed by atoms with Gasteiger partial charge in [0.25, 0.3) is 0 Å². The number of nitrogens with zero attached hydrogens (tertiary/aromatic N) is 3. The second-order valence-electron chi connectivity index (χ2n) is 7.47. The summed E-state index contributed by atoms with van der Waals surface area (Å²) < 4.78 is 1.45. The van der Waals surface area contributed by atoms with Crippen LogP contribution in [0.2, 0.25) is 0 Å². The van der Waals surface area contributed by atoms with Crippen molar-refractivity contribution in [2.45, 2.75) is 51.9 Å². The maximum Gasteiger partial charge on any atom is 0.247 e. The third-order valence-corrected chi connectivity index (χ3v) is 5.18. The van der Waals surface area contributed by atoms with E-state index in [4.69, 9.17) is 0 Å². The van der Waals surface area contributed by atoms with Crippen LogP contribution in [0.15, 0.2) is 24.4 Å². The van der Waals surface area contributed by atoms with Crippen molar-refractivity contribution in [1.29, 1.82) is 0 Å². The largest absolute Gasteiger partial charge is 0.356 e. The highest BCUT2D eigenvalue weighted by Crippen LogP contribution is 2.16. The Labute approximate surface area is 160 Å². The van der Waals surface area contributed by atoms with Gasteiger partial charge in [0.05, 0.1) is 11.7 Å². The molecule has 146 valence electrons. The molecule has 2 aromatic rings. The van der Waals surface area contributed by atoms with E-state index in [0.29, 0.717) is 25.8 Å². The maximum atomic E-state index is 12.4. The van der Waals surface area contributed by atoms with E-state index < -0.39 is 0 Å². The molecule has 3 rings (SSSR count). The van der Waals surface area contributed by atoms with Gasteiger partial charge in [-0.1, -0.05) is 18.1 Å². The van der Waals surface area contributed by atoms with Crippen LogP contribution in [0.1, 0.15) is 55.3 Å². The molecule has 1 aromatic carbocycles. The Morgan fingerprint density at radius 2 is 1.93 bits per heavy atom. The number of piperidine rings is 1. The van der Waals surface area contributed by atoms with E-state index in [-0.39, 0.29) is 11.8 Å². The van der Waals surface area contributed by atoms with Gasteiger partial charge in [0.1, 0.15) is 0 Å². The van der Waals surface area contributed by atoms with Gasteiger partial charge < -0.3 is 10.2 Å². The first-order chi connectivity index (χ1) is 13.1. The van der Waals surface area contributed by atoms with Gasteiger partial charge in [-0.25, -0.2) is 4.68 Å². The van der Waals surface area contributed by atoms with Crippen LogP contribution >= 0.6 is 0 Å². The summed E-state index contributed by atoms with van der Waals surface area (Å²) in [4.78, 5) is 26.8. The van der Waals surface area contributed by atoms with Crippen molar-refractivity contribution < 1.29 is 9.59 Å². The minimum atomic E-state index is -0.0632. The number of fused-ring (bicyclic) bond motifs is 1. The van der Waals surface area contributed by atoms with E-state index in [1.807, 2.05) is 25.1 Å². The van der Waals surface area contributed by atoms with Crippen LogP contribution in [0.3, 0.4) is 0 Å². The number of hydrogen-bond donors (Lipinski definition) is 1. The topological polar surface area (TPSA) is 67.2 Å². The summed E-state index contributed by atoms with van der Waals surface area (Å²) in [7, 11) is 0. The van der Waals surface area contributed by atoms with Gasteiger partial charge in [-0.3, -0.25) is 9.59 Å². The molecule has 0 atom stereocenters. The fourth-order valence-corrected chi connectivity index (χ4v) is 3.66. The Bertz CT molecular complexity index is 778. The Hall–Kier alpha value is -2.21. The number of nitrogens with one attached hydrogen (secondary N) is 1. The number of hydrogen-bond acceptors (Lipinski definition) is 4. The Morgan fingerprint density at radius 3 is 2.74 bits per heavy atom. The van der Waals surface area contributed by atoms with Crippen molar-refractivity contribution in [3.05, 3.63) is 30.0 Å². The fraction of sp³-hybridized carbons (Fsp3) is 0.571. The molecule has 1 aliphatic heterocycles. The number of carbonyl (C=O) groups excluding carboxylic acids is 2. The number of likely N-dealkylation sites (tertiary alicyclic amines) is 1. The van der Waals surface area contributed by atoms with Crippen LogP contribution in [-0.2, 0) is 4.79 Å². The lowest BCUT2D eigenvalue weighted by Crippen LogP contribution is -2.33. The summed E-state index contributed by atoms with van der Waals surface area (Å²) in [5.74, 6) is -0.0332. The van der Waals surface area contributed by atoms with Crippen LogP contribution in [0.25, 0.3) is 10.9 Å². The SMILES string of the molecule is Cc1ccc2c(cnn2C(=O)CCCC(=O)NCCCN2CCCCC2)c1. The van der Waals surface area contributed by atoms with E-state index in [1.165, 1.54) is 37.0 Å². The molecule has 0 unspecified atom stereocenters. The predicted molar refractivity (Wildman–Crippen MR) is 107 cm³/mol. The Morgan fingerprint density at radius 1 is 1.11 bits per heavy atom. The van der Waals surface area contributed by atoms with Crippen LogP contribution in [-0.4, -0.2) is 52.7 Å². The molecule has 1 saturated heterocycles. The zero-order chi connectivity index (χ0) is 19.1. The van der Waals surface area contributed by atoms with Crippen molar-refractivity contribution in [2.24, 2.45) is 0 Å². The fourth-order valence-electron chi connectivity index (χ4n) is 3.66. The average molecular weight is 370 g/mol. The van der Waals surface area contributed by atoms with Crippen molar-refractivity contribution in [3.8, 4) is 0 Å². The zero-order valence-corrected chi connectivity index (χ0v) is 16.2. The van der Waals surface area contributed by atoms with E-state index in [1.54, 1.807) is 6.20 Å². The van der Waals surface area contributed by atoms with Gasteiger partial charge in [0.2, 0.25) is 11.8 Å². The third kappa shape index (κ3) is 5.63. The van der Waals surface area contributed by atoms with E-state index in [0.717, 1.165) is 29.4 Å². The molecule has 0 spiro atoms. The lowest BCUT2D eigenvalue weighted by molar-refractivity contribution is -0.121. The van der Waals surface area contributed by atoms with Crippen LogP contribution in [0.5, 0.6) is 0 Å². The molecule has 6 heteroatoms. The second-order valence-corrected chi connectivity index (χ2v) is 7.47. The summed E-state index contributed by atoms with van der Waals surface area (Å²) in [6.45, 7) is 6.18. The average Bonchev–Trinajstić information content (AvgIpc) is 3.09. The molecule has 1 fully saturated rings. The standard InChI is InChI=1S/C21H30N4O2/c1-17-9-10-19-18(15-17)16-23-25(19)21(27)8-5-7-20(26)22-11-6-14-24-12-3-2-4-13-24/h9-10,15-16H,2-8,11-14H2,1H3,(H,22,26). The van der Waals surface area contributed by atoms with Gasteiger partial charge >= 0.3 is 0 Å². The molecule has 1 aromatic heterocycles. The van der Waals surface area contributed by atoms with Crippen molar-refractivity contribution >= 4 is 22.7 Å². The Kier molecular flexibility index (Phi) is 6.98.